The van der Waals surface area contributed by atoms with E-state index >= 15 is 0 Å². The molecule has 1 amide bonds. The summed E-state index contributed by atoms with van der Waals surface area (Å²) in [6.07, 6.45) is 10.6. The van der Waals surface area contributed by atoms with Crippen LogP contribution in [0.5, 0.6) is 0 Å². The number of hydrogen-bond donors (Lipinski definition) is 0. The molecular weight excluding hydrogens is 360 g/mol. The summed E-state index contributed by atoms with van der Waals surface area (Å²) in [4.78, 5) is 27.3. The van der Waals surface area contributed by atoms with Crippen LogP contribution >= 0.6 is 0 Å². The van der Waals surface area contributed by atoms with Crippen molar-refractivity contribution >= 4 is 5.91 Å². The van der Waals surface area contributed by atoms with E-state index in [4.69, 9.17) is 0 Å². The van der Waals surface area contributed by atoms with Gasteiger partial charge < -0.3 is 9.47 Å². The Morgan fingerprint density at radius 3 is 2.10 bits per heavy atom. The van der Waals surface area contributed by atoms with E-state index < -0.39 is 0 Å². The monoisotopic (exact) mass is 396 g/mol. The molecule has 0 spiro atoms. The smallest absolute Gasteiger partial charge is 0.255 e. The molecular formula is C25H36N2O2. The quantitative estimate of drug-likeness (QED) is 0.475. The van der Waals surface area contributed by atoms with Crippen molar-refractivity contribution in [2.24, 2.45) is 7.05 Å². The predicted octanol–water partition coefficient (Wildman–Crippen LogP) is 5.44. The summed E-state index contributed by atoms with van der Waals surface area (Å²) in [7, 11) is 5.31. The average Bonchev–Trinajstić information content (AvgIpc) is 2.72. The Hall–Kier alpha value is -2.36. The van der Waals surface area contributed by atoms with E-state index in [1.165, 1.54) is 38.5 Å². The lowest BCUT2D eigenvalue weighted by atomic mass is 9.95. The van der Waals surface area contributed by atoms with E-state index in [1.807, 2.05) is 30.3 Å². The normalized spacial score (nSPS) is 10.9. The molecule has 158 valence electrons. The fraction of sp³-hybridized carbons (Fsp3) is 0.520. The van der Waals surface area contributed by atoms with E-state index in [-0.39, 0.29) is 11.5 Å². The van der Waals surface area contributed by atoms with E-state index in [1.54, 1.807) is 36.7 Å². The molecule has 0 radical (unpaired) electrons. The van der Waals surface area contributed by atoms with Crippen LogP contribution in [-0.4, -0.2) is 29.5 Å². The van der Waals surface area contributed by atoms with Gasteiger partial charge in [-0.15, -0.1) is 0 Å². The van der Waals surface area contributed by atoms with Gasteiger partial charge in [-0.3, -0.25) is 9.59 Å². The molecule has 4 nitrogen and oxygen atoms in total. The van der Waals surface area contributed by atoms with Crippen LogP contribution in [-0.2, 0) is 13.5 Å². The molecule has 0 bridgehead atoms. The Balaban J connectivity index is 2.25. The predicted molar refractivity (Wildman–Crippen MR) is 121 cm³/mol. The number of unbranched alkanes of at least 4 members (excludes halogenated alkanes) is 7. The van der Waals surface area contributed by atoms with Gasteiger partial charge in [-0.05, 0) is 18.4 Å². The van der Waals surface area contributed by atoms with Crippen LogP contribution in [0.25, 0.3) is 11.1 Å². The van der Waals surface area contributed by atoms with Gasteiger partial charge in [0.25, 0.3) is 11.5 Å². The summed E-state index contributed by atoms with van der Waals surface area (Å²) >= 11 is 0. The van der Waals surface area contributed by atoms with Crippen molar-refractivity contribution in [1.82, 2.24) is 9.47 Å². The van der Waals surface area contributed by atoms with Crippen molar-refractivity contribution in [2.75, 3.05) is 14.1 Å². The Labute approximate surface area is 175 Å². The topological polar surface area (TPSA) is 42.3 Å². The number of hydrogen-bond acceptors (Lipinski definition) is 2. The summed E-state index contributed by atoms with van der Waals surface area (Å²) < 4.78 is 1.66. The highest BCUT2D eigenvalue weighted by Crippen LogP contribution is 2.27. The van der Waals surface area contributed by atoms with Gasteiger partial charge in [0.05, 0.1) is 5.56 Å². The largest absolute Gasteiger partial charge is 0.345 e. The van der Waals surface area contributed by atoms with Crippen LogP contribution in [0.1, 0.15) is 74.3 Å². The third-order valence-corrected chi connectivity index (χ3v) is 5.53. The van der Waals surface area contributed by atoms with E-state index in [0.29, 0.717) is 5.56 Å². The summed E-state index contributed by atoms with van der Waals surface area (Å²) in [5.74, 6) is -0.0472. The molecule has 4 heteroatoms. The van der Waals surface area contributed by atoms with Crippen LogP contribution in [0.15, 0.2) is 41.2 Å². The van der Waals surface area contributed by atoms with Gasteiger partial charge in [0, 0.05) is 38.5 Å². The Kier molecular flexibility index (Phi) is 9.17. The molecule has 29 heavy (non-hydrogen) atoms. The molecule has 0 fully saturated rings. The van der Waals surface area contributed by atoms with E-state index in [2.05, 4.69) is 6.92 Å². The molecule has 1 heterocycles. The first-order valence-electron chi connectivity index (χ1n) is 11.0. The molecule has 1 aromatic heterocycles. The summed E-state index contributed by atoms with van der Waals surface area (Å²) in [6.45, 7) is 2.24. The number of benzene rings is 1. The summed E-state index contributed by atoms with van der Waals surface area (Å²) in [6, 6.07) is 11.3. The zero-order valence-corrected chi connectivity index (χ0v) is 18.5. The zero-order valence-electron chi connectivity index (χ0n) is 18.5. The van der Waals surface area contributed by atoms with Crippen molar-refractivity contribution in [3.63, 3.8) is 0 Å². The highest BCUT2D eigenvalue weighted by molar-refractivity contribution is 6.01. The Morgan fingerprint density at radius 2 is 1.52 bits per heavy atom. The highest BCUT2D eigenvalue weighted by Gasteiger charge is 2.22. The molecule has 2 aromatic rings. The molecule has 0 aliphatic rings. The lowest BCUT2D eigenvalue weighted by Gasteiger charge is -2.20. The van der Waals surface area contributed by atoms with E-state index in [9.17, 15) is 9.59 Å². The molecule has 0 atom stereocenters. The number of amides is 1. The van der Waals surface area contributed by atoms with Crippen molar-refractivity contribution in [2.45, 2.75) is 64.7 Å². The van der Waals surface area contributed by atoms with Crippen molar-refractivity contribution < 1.29 is 4.79 Å². The highest BCUT2D eigenvalue weighted by atomic mass is 16.2. The molecule has 1 aromatic carbocycles. The van der Waals surface area contributed by atoms with Gasteiger partial charge in [0.2, 0.25) is 0 Å². The van der Waals surface area contributed by atoms with Crippen LogP contribution in [0.4, 0.5) is 0 Å². The maximum atomic E-state index is 13.1. The average molecular weight is 397 g/mol. The van der Waals surface area contributed by atoms with Crippen LogP contribution in [0, 0.1) is 0 Å². The number of rotatable bonds is 11. The third-order valence-electron chi connectivity index (χ3n) is 5.53. The molecule has 0 unspecified atom stereocenters. The lowest BCUT2D eigenvalue weighted by molar-refractivity contribution is 0.0826. The number of nitrogens with zero attached hydrogens (tertiary/aromatic N) is 2. The molecule has 2 rings (SSSR count). The number of carbonyl (C=O) groups excluding carboxylic acids is 1. The van der Waals surface area contributed by atoms with Crippen LogP contribution < -0.4 is 5.56 Å². The fourth-order valence-electron chi connectivity index (χ4n) is 3.78. The molecule has 0 saturated heterocycles. The van der Waals surface area contributed by atoms with Gasteiger partial charge in [-0.2, -0.15) is 0 Å². The number of pyridine rings is 1. The standard InChI is InChI=1S/C25H36N2O2/c1-5-6-7-8-9-10-11-15-18-22-24(25(29)26(2)3)21(19-23(28)27(22)4)20-16-13-12-14-17-20/h12-14,16-17,19H,5-11,15,18H2,1-4H3. The molecule has 0 N–H and O–H groups in total. The summed E-state index contributed by atoms with van der Waals surface area (Å²) in [5.41, 5.74) is 3.09. The van der Waals surface area contributed by atoms with Gasteiger partial charge in [-0.25, -0.2) is 0 Å². The van der Waals surface area contributed by atoms with Crippen LogP contribution in [0.3, 0.4) is 0 Å². The van der Waals surface area contributed by atoms with E-state index in [0.717, 1.165) is 36.1 Å². The zero-order chi connectivity index (χ0) is 21.2. The second-order valence-electron chi connectivity index (χ2n) is 8.07. The first kappa shape index (κ1) is 22.9. The molecule has 0 saturated carbocycles. The van der Waals surface area contributed by atoms with Crippen LogP contribution in [0.2, 0.25) is 0 Å². The maximum Gasteiger partial charge on any atom is 0.255 e. The Morgan fingerprint density at radius 1 is 0.931 bits per heavy atom. The van der Waals surface area contributed by atoms with Gasteiger partial charge in [0.15, 0.2) is 0 Å². The second-order valence-corrected chi connectivity index (χ2v) is 8.07. The summed E-state index contributed by atoms with van der Waals surface area (Å²) in [5, 5.41) is 0. The fourth-order valence-corrected chi connectivity index (χ4v) is 3.78. The first-order chi connectivity index (χ1) is 14.0. The minimum Gasteiger partial charge on any atom is -0.345 e. The maximum absolute atomic E-state index is 13.1. The van der Waals surface area contributed by atoms with Crippen molar-refractivity contribution in [1.29, 1.82) is 0 Å². The number of carbonyl (C=O) groups is 1. The first-order valence-corrected chi connectivity index (χ1v) is 11.0. The van der Waals surface area contributed by atoms with Gasteiger partial charge in [-0.1, -0.05) is 82.2 Å². The second kappa shape index (κ2) is 11.6. The molecule has 0 aliphatic heterocycles. The number of aromatic nitrogens is 1. The van der Waals surface area contributed by atoms with Crippen molar-refractivity contribution in [3.8, 4) is 11.1 Å². The molecule has 0 aliphatic carbocycles. The van der Waals surface area contributed by atoms with Gasteiger partial charge in [0.1, 0.15) is 0 Å². The minimum absolute atomic E-state index is 0.0472. The van der Waals surface area contributed by atoms with Crippen molar-refractivity contribution in [3.05, 3.63) is 58.0 Å². The third kappa shape index (κ3) is 6.31. The minimum atomic E-state index is -0.0614. The Bertz CT molecular complexity index is 838. The SMILES string of the molecule is CCCCCCCCCCc1c(C(=O)N(C)C)c(-c2ccccc2)cc(=O)n1C. The van der Waals surface area contributed by atoms with Gasteiger partial charge >= 0.3 is 0 Å². The lowest BCUT2D eigenvalue weighted by Crippen LogP contribution is -2.29.